The lowest BCUT2D eigenvalue weighted by atomic mass is 9.94. The Labute approximate surface area is 156 Å². The Kier molecular flexibility index (Phi) is 10.8. The van der Waals surface area contributed by atoms with Crippen LogP contribution in [0.4, 0.5) is 0 Å². The van der Waals surface area contributed by atoms with Crippen molar-refractivity contribution in [2.24, 2.45) is 0 Å². The Morgan fingerprint density at radius 1 is 1.00 bits per heavy atom. The van der Waals surface area contributed by atoms with Crippen molar-refractivity contribution in [1.29, 1.82) is 0 Å². The minimum Gasteiger partial charge on any atom is -0.504 e. The van der Waals surface area contributed by atoms with Crippen LogP contribution in [0.2, 0.25) is 0 Å². The highest BCUT2D eigenvalue weighted by molar-refractivity contribution is 6.20. The summed E-state index contributed by atoms with van der Waals surface area (Å²) >= 11 is 0. The molecule has 0 heterocycles. The van der Waals surface area contributed by atoms with E-state index in [4.69, 9.17) is 4.74 Å². The highest BCUT2D eigenvalue weighted by Crippen LogP contribution is 2.23. The van der Waals surface area contributed by atoms with Crippen molar-refractivity contribution in [3.05, 3.63) is 60.1 Å². The molecule has 0 bridgehead atoms. The molecule has 0 radical (unpaired) electrons. The number of rotatable bonds is 13. The molecule has 1 N–H and O–H groups in total. The smallest absolute Gasteiger partial charge is 0.227 e. The van der Waals surface area contributed by atoms with E-state index in [1.54, 1.807) is 0 Å². The summed E-state index contributed by atoms with van der Waals surface area (Å²) in [5, 5.41) is 9.80. The van der Waals surface area contributed by atoms with Crippen molar-refractivity contribution in [2.75, 3.05) is 7.11 Å². The van der Waals surface area contributed by atoms with Gasteiger partial charge in [-0.3, -0.25) is 9.59 Å². The van der Waals surface area contributed by atoms with Gasteiger partial charge < -0.3 is 9.84 Å². The number of unbranched alkanes of at least 4 members (excludes halogenated alkanes) is 5. The normalized spacial score (nSPS) is 15.2. The molecular weight excluding hydrogens is 328 g/mol. The fourth-order valence-electron chi connectivity index (χ4n) is 2.72. The van der Waals surface area contributed by atoms with Gasteiger partial charge in [0.25, 0.3) is 0 Å². The number of hydrogen-bond donors (Lipinski definition) is 1. The van der Waals surface area contributed by atoms with Crippen molar-refractivity contribution in [3.63, 3.8) is 0 Å². The molecule has 0 saturated carbocycles. The Morgan fingerprint density at radius 3 is 2.38 bits per heavy atom. The summed E-state index contributed by atoms with van der Waals surface area (Å²) < 4.78 is 4.90. The van der Waals surface area contributed by atoms with Gasteiger partial charge in [0.2, 0.25) is 11.6 Å². The monoisotopic (exact) mass is 358 g/mol. The first kappa shape index (κ1) is 21.7. The molecule has 0 unspecified atom stereocenters. The Balaban J connectivity index is 2.15. The average Bonchev–Trinajstić information content (AvgIpc) is 2.64. The number of carbonyl (C=O) groups is 2. The number of Topliss-reactive ketones (excluding diaryl/α,β-unsaturated/α-hetero) is 1. The minimum atomic E-state index is -0.553. The number of aliphatic hydroxyl groups is 1. The highest BCUT2D eigenvalue weighted by Gasteiger charge is 2.28. The van der Waals surface area contributed by atoms with Crippen LogP contribution in [0.3, 0.4) is 0 Å². The van der Waals surface area contributed by atoms with Crippen molar-refractivity contribution >= 4 is 11.6 Å². The molecule has 1 aliphatic rings. The van der Waals surface area contributed by atoms with Crippen LogP contribution in [0.1, 0.15) is 57.8 Å². The first-order chi connectivity index (χ1) is 12.6. The van der Waals surface area contributed by atoms with E-state index in [9.17, 15) is 14.7 Å². The van der Waals surface area contributed by atoms with E-state index in [-0.39, 0.29) is 17.1 Å². The number of allylic oxidation sites excluding steroid dienone is 7. The first-order valence-corrected chi connectivity index (χ1v) is 9.29. The largest absolute Gasteiger partial charge is 0.504 e. The molecule has 142 valence electrons. The van der Waals surface area contributed by atoms with Gasteiger partial charge in [-0.05, 0) is 38.5 Å². The number of hydrogen-bond acceptors (Lipinski definition) is 4. The highest BCUT2D eigenvalue weighted by atomic mass is 16.5. The van der Waals surface area contributed by atoms with E-state index in [0.717, 1.165) is 57.4 Å². The van der Waals surface area contributed by atoms with Gasteiger partial charge in [-0.2, -0.15) is 0 Å². The molecule has 0 amide bonds. The molecule has 1 aliphatic carbocycles. The van der Waals surface area contributed by atoms with Gasteiger partial charge in [0.1, 0.15) is 0 Å². The molecule has 0 aromatic carbocycles. The van der Waals surface area contributed by atoms with Crippen LogP contribution in [0.5, 0.6) is 0 Å². The van der Waals surface area contributed by atoms with Crippen LogP contribution < -0.4 is 0 Å². The Bertz CT molecular complexity index is 606. The minimum absolute atomic E-state index is 0.00826. The zero-order valence-electron chi connectivity index (χ0n) is 15.7. The average molecular weight is 358 g/mol. The molecule has 0 saturated heterocycles. The van der Waals surface area contributed by atoms with Gasteiger partial charge in [-0.25, -0.2) is 0 Å². The quantitative estimate of drug-likeness (QED) is 0.276. The van der Waals surface area contributed by atoms with Crippen LogP contribution in [-0.4, -0.2) is 23.8 Å². The summed E-state index contributed by atoms with van der Waals surface area (Å²) in [6.07, 6.45) is 20.1. The maximum atomic E-state index is 12.1. The summed E-state index contributed by atoms with van der Waals surface area (Å²) in [6.45, 7) is 3.67. The summed E-state index contributed by atoms with van der Waals surface area (Å²) in [4.78, 5) is 23.7. The second-order valence-electron chi connectivity index (χ2n) is 6.24. The number of aliphatic hydroxyl groups excluding tert-OH is 1. The number of methoxy groups -OCH3 is 1. The summed E-state index contributed by atoms with van der Waals surface area (Å²) in [5.74, 6) is -1.35. The zero-order valence-corrected chi connectivity index (χ0v) is 15.7. The molecule has 4 heteroatoms. The van der Waals surface area contributed by atoms with Gasteiger partial charge in [0, 0.05) is 11.6 Å². The fraction of sp³-hybridized carbons (Fsp3) is 0.455. The number of ether oxygens (including phenoxy) is 1. The number of ketones is 2. The predicted molar refractivity (Wildman–Crippen MR) is 105 cm³/mol. The molecular formula is C22H30O4. The van der Waals surface area contributed by atoms with Crippen molar-refractivity contribution < 1.29 is 19.4 Å². The van der Waals surface area contributed by atoms with Crippen LogP contribution in [-0.2, 0) is 14.3 Å². The van der Waals surface area contributed by atoms with Crippen LogP contribution in [0.25, 0.3) is 0 Å². The summed E-state index contributed by atoms with van der Waals surface area (Å²) in [6, 6.07) is 0. The van der Waals surface area contributed by atoms with E-state index in [1.165, 1.54) is 7.11 Å². The van der Waals surface area contributed by atoms with E-state index in [0.29, 0.717) is 6.42 Å². The predicted octanol–water partition coefficient (Wildman–Crippen LogP) is 5.29. The van der Waals surface area contributed by atoms with E-state index < -0.39 is 11.5 Å². The lowest BCUT2D eigenvalue weighted by molar-refractivity contribution is -0.119. The van der Waals surface area contributed by atoms with Crippen molar-refractivity contribution in [3.8, 4) is 0 Å². The standard InChI is InChI=1S/C22H30O4/c1-3-4-5-6-7-8-9-10-11-12-13-14-15-16-18-21(24)19(23)17-20(26-2)22(18)25/h3,5-6,8-9,17,24H,1,4,7,10-16H2,2H3/b6-5+,9-8+. The Hall–Kier alpha value is -2.36. The van der Waals surface area contributed by atoms with Crippen LogP contribution >= 0.6 is 0 Å². The molecule has 0 aromatic heterocycles. The molecule has 26 heavy (non-hydrogen) atoms. The second-order valence-corrected chi connectivity index (χ2v) is 6.24. The SMILES string of the molecule is C=CC/C=C/C/C=C/CCCCCCCC1=C(O)C(=O)C=C(OC)C1=O. The van der Waals surface area contributed by atoms with Crippen LogP contribution in [0, 0.1) is 0 Å². The van der Waals surface area contributed by atoms with Gasteiger partial charge in [0.15, 0.2) is 11.5 Å². The first-order valence-electron chi connectivity index (χ1n) is 9.29. The van der Waals surface area contributed by atoms with Gasteiger partial charge in [-0.15, -0.1) is 6.58 Å². The van der Waals surface area contributed by atoms with Crippen molar-refractivity contribution in [1.82, 2.24) is 0 Å². The summed E-state index contributed by atoms with van der Waals surface area (Å²) in [7, 11) is 1.35. The molecule has 4 nitrogen and oxygen atoms in total. The third-order valence-corrected chi connectivity index (χ3v) is 4.21. The second kappa shape index (κ2) is 12.9. The third kappa shape index (κ3) is 7.68. The molecule has 0 atom stereocenters. The maximum Gasteiger partial charge on any atom is 0.227 e. The lowest BCUT2D eigenvalue weighted by Gasteiger charge is -2.14. The van der Waals surface area contributed by atoms with E-state index in [2.05, 4.69) is 30.9 Å². The maximum absolute atomic E-state index is 12.1. The van der Waals surface area contributed by atoms with E-state index in [1.807, 2.05) is 6.08 Å². The third-order valence-electron chi connectivity index (χ3n) is 4.21. The van der Waals surface area contributed by atoms with Gasteiger partial charge >= 0.3 is 0 Å². The molecule has 1 rings (SSSR count). The van der Waals surface area contributed by atoms with E-state index >= 15 is 0 Å². The lowest BCUT2D eigenvalue weighted by Crippen LogP contribution is -2.20. The van der Waals surface area contributed by atoms with Crippen molar-refractivity contribution in [2.45, 2.75) is 57.8 Å². The fourth-order valence-corrected chi connectivity index (χ4v) is 2.72. The molecule has 0 aliphatic heterocycles. The molecule has 0 fully saturated rings. The van der Waals surface area contributed by atoms with Gasteiger partial charge in [-0.1, -0.05) is 49.6 Å². The molecule has 0 aromatic rings. The van der Waals surface area contributed by atoms with Crippen LogP contribution in [0.15, 0.2) is 60.1 Å². The number of carbonyl (C=O) groups excluding carboxylic acids is 2. The zero-order chi connectivity index (χ0) is 19.2. The van der Waals surface area contributed by atoms with Gasteiger partial charge in [0.05, 0.1) is 7.11 Å². The molecule has 0 spiro atoms. The topological polar surface area (TPSA) is 63.6 Å². The Morgan fingerprint density at radius 2 is 1.65 bits per heavy atom. The summed E-state index contributed by atoms with van der Waals surface area (Å²) in [5.41, 5.74) is 0.182.